The molecule has 0 rings (SSSR count). The maximum Gasteiger partial charge on any atom is 0.472 e. The van der Waals surface area contributed by atoms with Crippen LogP contribution in [-0.2, 0) is 65.4 Å². The van der Waals surface area contributed by atoms with Crippen LogP contribution in [0.1, 0.15) is 394 Å². The second-order valence-electron chi connectivity index (χ2n) is 28.0. The van der Waals surface area contributed by atoms with Crippen molar-refractivity contribution in [2.24, 2.45) is 5.92 Å². The zero-order valence-corrected chi connectivity index (χ0v) is 65.2. The Labute approximate surface area is 599 Å². The molecule has 17 nitrogen and oxygen atoms in total. The van der Waals surface area contributed by atoms with Crippen LogP contribution in [0.4, 0.5) is 0 Å². The largest absolute Gasteiger partial charge is 0.472 e. The molecule has 0 aliphatic rings. The highest BCUT2D eigenvalue weighted by Gasteiger charge is 2.30. The summed E-state index contributed by atoms with van der Waals surface area (Å²) >= 11 is 0. The van der Waals surface area contributed by atoms with E-state index in [1.807, 2.05) is 0 Å². The Hall–Kier alpha value is -2.46. The summed E-state index contributed by atoms with van der Waals surface area (Å²) in [7, 11) is -9.93. The van der Waals surface area contributed by atoms with Gasteiger partial charge in [-0.2, -0.15) is 0 Å². The molecule has 0 aromatic heterocycles. The van der Waals surface area contributed by atoms with Crippen LogP contribution in [0.3, 0.4) is 0 Å². The van der Waals surface area contributed by atoms with Gasteiger partial charge in [-0.05, 0) is 57.3 Å². The molecule has 0 saturated carbocycles. The van der Waals surface area contributed by atoms with Crippen molar-refractivity contribution in [3.05, 3.63) is 24.3 Å². The fourth-order valence-electron chi connectivity index (χ4n) is 11.7. The number of rotatable bonds is 77. The maximum absolute atomic E-state index is 13.1. The van der Waals surface area contributed by atoms with E-state index in [9.17, 15) is 43.2 Å². The van der Waals surface area contributed by atoms with Gasteiger partial charge in [0.2, 0.25) is 0 Å². The average molecular weight is 1430 g/mol. The molecule has 6 atom stereocenters. The average Bonchev–Trinajstić information content (AvgIpc) is 0.944. The van der Waals surface area contributed by atoms with E-state index in [0.717, 1.165) is 115 Å². The first-order valence-electron chi connectivity index (χ1n) is 40.5. The van der Waals surface area contributed by atoms with Crippen molar-refractivity contribution < 1.29 is 80.2 Å². The number of ether oxygens (including phenoxy) is 4. The molecule has 0 aromatic rings. The number of hydrogen-bond acceptors (Lipinski definition) is 15. The third-order valence-corrected chi connectivity index (χ3v) is 20.2. The lowest BCUT2D eigenvalue weighted by molar-refractivity contribution is -0.161. The molecule has 0 spiro atoms. The molecule has 3 N–H and O–H groups in total. The Morgan fingerprint density at radius 1 is 0.327 bits per heavy atom. The zero-order valence-electron chi connectivity index (χ0n) is 63.4. The number of phosphoric acid groups is 2. The molecule has 0 saturated heterocycles. The van der Waals surface area contributed by atoms with E-state index in [1.54, 1.807) is 0 Å². The van der Waals surface area contributed by atoms with Crippen LogP contribution in [0.2, 0.25) is 0 Å². The molecule has 3 unspecified atom stereocenters. The van der Waals surface area contributed by atoms with Gasteiger partial charge < -0.3 is 33.8 Å². The Kier molecular flexibility index (Phi) is 69.7. The highest BCUT2D eigenvalue weighted by Crippen LogP contribution is 2.45. The van der Waals surface area contributed by atoms with E-state index < -0.39 is 97.5 Å². The quantitative estimate of drug-likeness (QED) is 0.0169. The minimum absolute atomic E-state index is 0.0845. The van der Waals surface area contributed by atoms with Gasteiger partial charge in [0.05, 0.1) is 26.4 Å². The first-order valence-corrected chi connectivity index (χ1v) is 43.5. The van der Waals surface area contributed by atoms with Crippen molar-refractivity contribution in [1.29, 1.82) is 0 Å². The number of hydrogen-bond donors (Lipinski definition) is 3. The lowest BCUT2D eigenvalue weighted by Crippen LogP contribution is -2.30. The number of esters is 4. The third kappa shape index (κ3) is 70.6. The van der Waals surface area contributed by atoms with Gasteiger partial charge >= 0.3 is 39.5 Å². The van der Waals surface area contributed by atoms with Gasteiger partial charge in [-0.3, -0.25) is 37.3 Å². The number of aliphatic hydroxyl groups excluding tert-OH is 1. The van der Waals surface area contributed by atoms with Gasteiger partial charge in [-0.1, -0.05) is 341 Å². The van der Waals surface area contributed by atoms with Crippen LogP contribution in [0.25, 0.3) is 0 Å². The number of aliphatic hydroxyl groups is 1. The van der Waals surface area contributed by atoms with Gasteiger partial charge in [-0.15, -0.1) is 0 Å². The van der Waals surface area contributed by atoms with Crippen LogP contribution < -0.4 is 0 Å². The van der Waals surface area contributed by atoms with Crippen LogP contribution in [-0.4, -0.2) is 96.7 Å². The summed E-state index contributed by atoms with van der Waals surface area (Å²) in [6.45, 7) is 7.21. The normalized spacial score (nSPS) is 14.3. The molecule has 0 radical (unpaired) electrons. The Bertz CT molecular complexity index is 1970. The standard InChI is InChI=1S/C79H150O17P2/c1-6-10-13-16-19-22-25-28-31-33-36-39-42-45-48-55-60-64-78(83)95-74(68-89-76(81)62-57-52-46-43-40-37-35-32-29-26-23-20-17-14-11-7-2)70-93-97(85,86)91-66-73(80)67-92-98(87,88)94-71-75(69-90-77(82)63-58-53-50-49-51-56-61-72(5)9-4)96-79(84)65-59-54-47-44-41-38-34-30-27-24-21-18-15-12-8-3/h24,27,30,34,72-75,80H,6-23,25-26,28-29,31-33,35-71H2,1-5H3,(H,85,86)(H,87,88)/b27-24-,34-30-/t72?,73-,74-,75-/m1/s1. The van der Waals surface area contributed by atoms with E-state index in [1.165, 1.54) is 199 Å². The first kappa shape index (κ1) is 95.5. The fourth-order valence-corrected chi connectivity index (χ4v) is 13.2. The highest BCUT2D eigenvalue weighted by atomic mass is 31.2. The number of allylic oxidation sites excluding steroid dienone is 4. The second kappa shape index (κ2) is 71.5. The van der Waals surface area contributed by atoms with Crippen molar-refractivity contribution in [2.75, 3.05) is 39.6 Å². The predicted octanol–water partition coefficient (Wildman–Crippen LogP) is 23.2. The van der Waals surface area contributed by atoms with Gasteiger partial charge in [-0.25, -0.2) is 9.13 Å². The molecular weight excluding hydrogens is 1280 g/mol. The minimum atomic E-state index is -4.96. The minimum Gasteiger partial charge on any atom is -0.462 e. The monoisotopic (exact) mass is 1430 g/mol. The highest BCUT2D eigenvalue weighted by molar-refractivity contribution is 7.47. The van der Waals surface area contributed by atoms with E-state index >= 15 is 0 Å². The summed E-state index contributed by atoms with van der Waals surface area (Å²) in [4.78, 5) is 72.9. The molecule has 19 heteroatoms. The fraction of sp³-hybridized carbons (Fsp3) is 0.899. The van der Waals surface area contributed by atoms with Crippen LogP contribution in [0.5, 0.6) is 0 Å². The van der Waals surface area contributed by atoms with Crippen LogP contribution >= 0.6 is 15.6 Å². The lowest BCUT2D eigenvalue weighted by Gasteiger charge is -2.21. The molecule has 0 aromatic carbocycles. The number of carbonyl (C=O) groups is 4. The van der Waals surface area contributed by atoms with E-state index in [4.69, 9.17) is 37.0 Å². The van der Waals surface area contributed by atoms with Crippen LogP contribution in [0, 0.1) is 5.92 Å². The molecule has 0 aliphatic heterocycles. The number of unbranched alkanes of at least 4 members (excludes halogenated alkanes) is 45. The molecule has 0 heterocycles. The summed E-state index contributed by atoms with van der Waals surface area (Å²) < 4.78 is 68.6. The number of carbonyl (C=O) groups excluding carboxylic acids is 4. The molecule has 0 bridgehead atoms. The molecule has 578 valence electrons. The zero-order chi connectivity index (χ0) is 71.9. The van der Waals surface area contributed by atoms with Crippen molar-refractivity contribution in [1.82, 2.24) is 0 Å². The SMILES string of the molecule is CCCCCC/C=C\C=C/CCCCCCCC(=O)O[C@H](COC(=O)CCCCCCCCC(C)CC)COP(=O)(O)OC[C@H](O)COP(=O)(O)OC[C@@H](COC(=O)CCCCCCCCCCCCCCCCCC)OC(=O)CCCCCCCCCCCCCCCCCCC. The summed E-state index contributed by atoms with van der Waals surface area (Å²) in [5, 5.41) is 10.6. The molecular formula is C79H150O17P2. The Morgan fingerprint density at radius 2 is 0.571 bits per heavy atom. The van der Waals surface area contributed by atoms with Crippen molar-refractivity contribution in [3.63, 3.8) is 0 Å². The predicted molar refractivity (Wildman–Crippen MR) is 400 cm³/mol. The summed E-state index contributed by atoms with van der Waals surface area (Å²) in [5.41, 5.74) is 0. The van der Waals surface area contributed by atoms with E-state index in [2.05, 4.69) is 58.9 Å². The summed E-state index contributed by atoms with van der Waals surface area (Å²) in [5.74, 6) is -1.41. The van der Waals surface area contributed by atoms with Gasteiger partial charge in [0.15, 0.2) is 12.2 Å². The van der Waals surface area contributed by atoms with Gasteiger partial charge in [0.25, 0.3) is 0 Å². The van der Waals surface area contributed by atoms with Crippen molar-refractivity contribution in [3.8, 4) is 0 Å². The van der Waals surface area contributed by atoms with Crippen molar-refractivity contribution in [2.45, 2.75) is 412 Å². The van der Waals surface area contributed by atoms with Gasteiger partial charge in [0, 0.05) is 25.7 Å². The Balaban J connectivity index is 5.28. The van der Waals surface area contributed by atoms with E-state index in [0.29, 0.717) is 25.7 Å². The molecule has 0 amide bonds. The molecule has 0 aliphatic carbocycles. The lowest BCUT2D eigenvalue weighted by atomic mass is 10.00. The molecule has 98 heavy (non-hydrogen) atoms. The first-order chi connectivity index (χ1) is 47.6. The van der Waals surface area contributed by atoms with Crippen LogP contribution in [0.15, 0.2) is 24.3 Å². The van der Waals surface area contributed by atoms with Crippen molar-refractivity contribution >= 4 is 39.5 Å². The topological polar surface area (TPSA) is 237 Å². The second-order valence-corrected chi connectivity index (χ2v) is 30.9. The summed E-state index contributed by atoms with van der Waals surface area (Å²) in [6, 6.07) is 0. The van der Waals surface area contributed by atoms with Gasteiger partial charge in [0.1, 0.15) is 19.3 Å². The summed E-state index contributed by atoms with van der Waals surface area (Å²) in [6.07, 6.45) is 64.6. The molecule has 0 fully saturated rings. The third-order valence-electron chi connectivity index (χ3n) is 18.3. The van der Waals surface area contributed by atoms with E-state index in [-0.39, 0.29) is 25.7 Å². The number of phosphoric ester groups is 2. The smallest absolute Gasteiger partial charge is 0.462 e. The maximum atomic E-state index is 13.1. The Morgan fingerprint density at radius 3 is 0.867 bits per heavy atom.